The van der Waals surface area contributed by atoms with Gasteiger partial charge in [-0.15, -0.1) is 4.91 Å². The third kappa shape index (κ3) is 2.15. The van der Waals surface area contributed by atoms with Gasteiger partial charge in [0.15, 0.2) is 12.5 Å². The van der Waals surface area contributed by atoms with E-state index in [1.54, 1.807) is 10.6 Å². The highest BCUT2D eigenvalue weighted by atomic mass is 16.7. The first-order valence-electron chi connectivity index (χ1n) is 7.24. The number of hydrogen-bond acceptors (Lipinski definition) is 5. The second kappa shape index (κ2) is 5.40. The Morgan fingerprint density at radius 2 is 2.04 bits per heavy atom. The standard InChI is InChI=1S/C17H14N2O4/c20-17-15(18-21)13-6-1-2-7-14(13)19(17)8-11-4-3-5-12-9-22-10-23-16(11)12/h1-7,20H,8-10H2. The molecule has 2 aromatic carbocycles. The van der Waals surface area contributed by atoms with Crippen molar-refractivity contribution >= 4 is 16.6 Å². The summed E-state index contributed by atoms with van der Waals surface area (Å²) in [6, 6.07) is 13.1. The predicted octanol–water partition coefficient (Wildman–Crippen LogP) is 3.66. The summed E-state index contributed by atoms with van der Waals surface area (Å²) in [7, 11) is 0. The average Bonchev–Trinajstić information content (AvgIpc) is 2.87. The first-order valence-corrected chi connectivity index (χ1v) is 7.24. The lowest BCUT2D eigenvalue weighted by Gasteiger charge is -2.21. The van der Waals surface area contributed by atoms with Crippen LogP contribution in [0.2, 0.25) is 0 Å². The summed E-state index contributed by atoms with van der Waals surface area (Å²) in [6.45, 7) is 1.09. The van der Waals surface area contributed by atoms with Crippen molar-refractivity contribution in [3.05, 3.63) is 58.5 Å². The molecule has 6 heteroatoms. The lowest BCUT2D eigenvalue weighted by molar-refractivity contribution is -0.0170. The summed E-state index contributed by atoms with van der Waals surface area (Å²) in [5.74, 6) is 0.641. The van der Waals surface area contributed by atoms with Gasteiger partial charge in [0.25, 0.3) is 0 Å². The van der Waals surface area contributed by atoms with Gasteiger partial charge in [-0.2, -0.15) is 0 Å². The highest BCUT2D eigenvalue weighted by Crippen LogP contribution is 2.39. The summed E-state index contributed by atoms with van der Waals surface area (Å²) in [5.41, 5.74) is 2.71. The van der Waals surface area contributed by atoms with Gasteiger partial charge in [-0.3, -0.25) is 0 Å². The fourth-order valence-corrected chi connectivity index (χ4v) is 3.01. The number of nitrogens with zero attached hydrogens (tertiary/aromatic N) is 2. The zero-order valence-corrected chi connectivity index (χ0v) is 12.2. The molecule has 0 unspecified atom stereocenters. The number of aromatic nitrogens is 1. The maximum absolute atomic E-state index is 11.1. The summed E-state index contributed by atoms with van der Waals surface area (Å²) < 4.78 is 12.6. The van der Waals surface area contributed by atoms with Crippen molar-refractivity contribution in [1.82, 2.24) is 4.57 Å². The maximum Gasteiger partial charge on any atom is 0.222 e. The first kappa shape index (κ1) is 13.8. The van der Waals surface area contributed by atoms with E-state index in [4.69, 9.17) is 9.47 Å². The molecule has 2 heterocycles. The molecule has 3 aromatic rings. The molecule has 0 bridgehead atoms. The molecule has 0 amide bonds. The molecule has 0 fully saturated rings. The quantitative estimate of drug-likeness (QED) is 0.749. The van der Waals surface area contributed by atoms with Crippen molar-refractivity contribution in [2.24, 2.45) is 5.18 Å². The van der Waals surface area contributed by atoms with Crippen LogP contribution in [0.25, 0.3) is 10.9 Å². The van der Waals surface area contributed by atoms with Gasteiger partial charge in [0, 0.05) is 16.5 Å². The molecule has 0 atom stereocenters. The van der Waals surface area contributed by atoms with E-state index in [9.17, 15) is 10.0 Å². The Balaban J connectivity index is 1.86. The van der Waals surface area contributed by atoms with E-state index in [-0.39, 0.29) is 18.4 Å². The van der Waals surface area contributed by atoms with Crippen molar-refractivity contribution < 1.29 is 14.6 Å². The summed E-state index contributed by atoms with van der Waals surface area (Å²) in [5, 5.41) is 14.0. The van der Waals surface area contributed by atoms with Gasteiger partial charge in [0.2, 0.25) is 5.88 Å². The molecule has 1 aliphatic heterocycles. The lowest BCUT2D eigenvalue weighted by Crippen LogP contribution is -2.14. The Bertz CT molecular complexity index is 901. The number of benzene rings is 2. The van der Waals surface area contributed by atoms with Gasteiger partial charge in [-0.1, -0.05) is 36.4 Å². The molecule has 0 saturated carbocycles. The fraction of sp³-hybridized carbons (Fsp3) is 0.176. The van der Waals surface area contributed by atoms with Gasteiger partial charge >= 0.3 is 0 Å². The van der Waals surface area contributed by atoms with E-state index in [1.807, 2.05) is 36.4 Å². The number of aromatic hydroxyl groups is 1. The first-order chi connectivity index (χ1) is 11.3. The van der Waals surface area contributed by atoms with Crippen LogP contribution in [0.4, 0.5) is 5.69 Å². The van der Waals surface area contributed by atoms with E-state index >= 15 is 0 Å². The number of nitroso groups, excluding NO2 is 1. The van der Waals surface area contributed by atoms with Gasteiger partial charge < -0.3 is 19.1 Å². The molecule has 4 rings (SSSR count). The monoisotopic (exact) mass is 310 g/mol. The Labute approximate surface area is 131 Å². The minimum atomic E-state index is -0.133. The van der Waals surface area contributed by atoms with Crippen LogP contribution in [0.1, 0.15) is 11.1 Å². The zero-order chi connectivity index (χ0) is 15.8. The lowest BCUT2D eigenvalue weighted by atomic mass is 10.1. The molecule has 1 N–H and O–H groups in total. The largest absolute Gasteiger partial charge is 0.493 e. The Morgan fingerprint density at radius 3 is 2.91 bits per heavy atom. The minimum Gasteiger partial charge on any atom is -0.493 e. The Hall–Kier alpha value is -2.86. The fourth-order valence-electron chi connectivity index (χ4n) is 3.01. The van der Waals surface area contributed by atoms with Crippen molar-refractivity contribution in [2.75, 3.05) is 6.79 Å². The van der Waals surface area contributed by atoms with E-state index in [0.29, 0.717) is 18.5 Å². The minimum absolute atomic E-state index is 0.0645. The maximum atomic E-state index is 11.1. The van der Waals surface area contributed by atoms with E-state index in [2.05, 4.69) is 5.18 Å². The molecule has 1 aliphatic rings. The summed E-state index contributed by atoms with van der Waals surface area (Å²) >= 11 is 0. The SMILES string of the molecule is O=Nc1c(O)n(Cc2cccc3c2OCOC3)c2ccccc12. The van der Waals surface area contributed by atoms with Crippen molar-refractivity contribution in [3.63, 3.8) is 0 Å². The van der Waals surface area contributed by atoms with Gasteiger partial charge in [0.05, 0.1) is 18.7 Å². The van der Waals surface area contributed by atoms with E-state index < -0.39 is 0 Å². The van der Waals surface area contributed by atoms with Gasteiger partial charge in [0.1, 0.15) is 5.75 Å². The number of fused-ring (bicyclic) bond motifs is 2. The van der Waals surface area contributed by atoms with Gasteiger partial charge in [-0.25, -0.2) is 0 Å². The molecule has 0 radical (unpaired) electrons. The third-order valence-corrected chi connectivity index (χ3v) is 4.06. The molecular weight excluding hydrogens is 296 g/mol. The van der Waals surface area contributed by atoms with Gasteiger partial charge in [-0.05, 0) is 11.2 Å². The Morgan fingerprint density at radius 1 is 1.17 bits per heavy atom. The van der Waals surface area contributed by atoms with E-state index in [1.165, 1.54) is 0 Å². The van der Waals surface area contributed by atoms with Crippen LogP contribution in [-0.2, 0) is 17.9 Å². The molecule has 0 spiro atoms. The molecular formula is C17H14N2O4. The molecule has 23 heavy (non-hydrogen) atoms. The number of para-hydroxylation sites is 2. The molecule has 0 aliphatic carbocycles. The topological polar surface area (TPSA) is 73.0 Å². The molecule has 116 valence electrons. The second-order valence-electron chi connectivity index (χ2n) is 5.38. The number of hydrogen-bond donors (Lipinski definition) is 1. The van der Waals surface area contributed by atoms with Crippen LogP contribution in [0.15, 0.2) is 47.6 Å². The summed E-state index contributed by atoms with van der Waals surface area (Å²) in [6.07, 6.45) is 0. The Kier molecular flexibility index (Phi) is 3.24. The van der Waals surface area contributed by atoms with Crippen molar-refractivity contribution in [1.29, 1.82) is 0 Å². The highest BCUT2D eigenvalue weighted by Gasteiger charge is 2.20. The van der Waals surface area contributed by atoms with Crippen molar-refractivity contribution in [3.8, 4) is 11.6 Å². The second-order valence-corrected chi connectivity index (χ2v) is 5.38. The van der Waals surface area contributed by atoms with Crippen LogP contribution >= 0.6 is 0 Å². The predicted molar refractivity (Wildman–Crippen MR) is 84.9 cm³/mol. The average molecular weight is 310 g/mol. The normalized spacial score (nSPS) is 13.6. The van der Waals surface area contributed by atoms with Crippen molar-refractivity contribution in [2.45, 2.75) is 13.2 Å². The van der Waals surface area contributed by atoms with Crippen LogP contribution in [0.3, 0.4) is 0 Å². The number of ether oxygens (including phenoxy) is 2. The molecule has 6 nitrogen and oxygen atoms in total. The van der Waals surface area contributed by atoms with Crippen LogP contribution < -0.4 is 4.74 Å². The number of rotatable bonds is 3. The molecule has 0 saturated heterocycles. The zero-order valence-electron chi connectivity index (χ0n) is 12.2. The highest BCUT2D eigenvalue weighted by molar-refractivity contribution is 5.95. The smallest absolute Gasteiger partial charge is 0.222 e. The van der Waals surface area contributed by atoms with E-state index in [0.717, 1.165) is 22.4 Å². The van der Waals surface area contributed by atoms with Crippen LogP contribution in [0, 0.1) is 4.91 Å². The summed E-state index contributed by atoms with van der Waals surface area (Å²) in [4.78, 5) is 11.1. The molecule has 1 aromatic heterocycles. The third-order valence-electron chi connectivity index (χ3n) is 4.06. The van der Waals surface area contributed by atoms with Crippen LogP contribution in [0.5, 0.6) is 11.6 Å². The van der Waals surface area contributed by atoms with Crippen LogP contribution in [-0.4, -0.2) is 16.5 Å².